The second-order valence-electron chi connectivity index (χ2n) is 4.63. The van der Waals surface area contributed by atoms with Crippen LogP contribution in [-0.4, -0.2) is 29.1 Å². The molecular weight excluding hydrogens is 234 g/mol. The van der Waals surface area contributed by atoms with E-state index in [1.807, 2.05) is 30.3 Å². The van der Waals surface area contributed by atoms with Crippen molar-refractivity contribution < 1.29 is 19.5 Å². The minimum Gasteiger partial charge on any atom is -0.481 e. The van der Waals surface area contributed by atoms with Crippen molar-refractivity contribution in [2.45, 2.75) is 20.5 Å². The zero-order valence-corrected chi connectivity index (χ0v) is 10.5. The fourth-order valence-corrected chi connectivity index (χ4v) is 1.30. The van der Waals surface area contributed by atoms with Crippen LogP contribution in [-0.2, 0) is 21.0 Å². The SMILES string of the molecule is CC(C)(CN(C=O)OCc1ccccc1)C(=O)O. The molecule has 0 atom stereocenters. The van der Waals surface area contributed by atoms with Crippen molar-refractivity contribution in [3.05, 3.63) is 35.9 Å². The number of nitrogens with zero attached hydrogens (tertiary/aromatic N) is 1. The van der Waals surface area contributed by atoms with Crippen LogP contribution in [0.4, 0.5) is 0 Å². The third-order valence-electron chi connectivity index (χ3n) is 2.49. The molecule has 18 heavy (non-hydrogen) atoms. The monoisotopic (exact) mass is 251 g/mol. The molecule has 0 saturated heterocycles. The predicted molar refractivity (Wildman–Crippen MR) is 65.4 cm³/mol. The number of rotatable bonds is 7. The highest BCUT2D eigenvalue weighted by Crippen LogP contribution is 2.17. The maximum atomic E-state index is 10.9. The molecule has 1 aromatic rings. The number of amides is 1. The summed E-state index contributed by atoms with van der Waals surface area (Å²) in [6.07, 6.45) is 0.494. The van der Waals surface area contributed by atoms with Crippen LogP contribution in [0.1, 0.15) is 19.4 Å². The van der Waals surface area contributed by atoms with Gasteiger partial charge in [0.25, 0.3) is 0 Å². The molecule has 0 bridgehead atoms. The molecule has 1 aromatic carbocycles. The average molecular weight is 251 g/mol. The Morgan fingerprint density at radius 2 is 2.00 bits per heavy atom. The fraction of sp³-hybridized carbons (Fsp3) is 0.385. The number of carbonyl (C=O) groups excluding carboxylic acids is 1. The first-order valence-corrected chi connectivity index (χ1v) is 5.58. The smallest absolute Gasteiger partial charge is 0.310 e. The molecule has 0 fully saturated rings. The van der Waals surface area contributed by atoms with Crippen molar-refractivity contribution in [2.75, 3.05) is 6.54 Å². The van der Waals surface area contributed by atoms with Crippen LogP contribution >= 0.6 is 0 Å². The molecule has 0 aliphatic rings. The van der Waals surface area contributed by atoms with Crippen LogP contribution in [0.5, 0.6) is 0 Å². The van der Waals surface area contributed by atoms with Gasteiger partial charge in [0, 0.05) is 0 Å². The molecular formula is C13H17NO4. The van der Waals surface area contributed by atoms with E-state index < -0.39 is 11.4 Å². The first kappa shape index (κ1) is 14.2. The van der Waals surface area contributed by atoms with E-state index in [9.17, 15) is 9.59 Å². The van der Waals surface area contributed by atoms with Crippen LogP contribution in [0.2, 0.25) is 0 Å². The number of hydrogen-bond donors (Lipinski definition) is 1. The van der Waals surface area contributed by atoms with Crippen LogP contribution in [0.3, 0.4) is 0 Å². The summed E-state index contributed by atoms with van der Waals surface area (Å²) in [5, 5.41) is 9.99. The lowest BCUT2D eigenvalue weighted by Crippen LogP contribution is -2.38. The zero-order valence-electron chi connectivity index (χ0n) is 10.5. The van der Waals surface area contributed by atoms with Gasteiger partial charge in [-0.3, -0.25) is 14.4 Å². The second kappa shape index (κ2) is 6.16. The standard InChI is InChI=1S/C13H17NO4/c1-13(2,12(16)17)9-14(10-15)18-8-11-6-4-3-5-7-11/h3-7,10H,8-9H2,1-2H3,(H,16,17). The van der Waals surface area contributed by atoms with Crippen LogP contribution in [0, 0.1) is 5.41 Å². The number of carboxylic acids is 1. The third kappa shape index (κ3) is 4.18. The normalized spacial score (nSPS) is 11.0. The Bertz CT molecular complexity index is 403. The van der Waals surface area contributed by atoms with Gasteiger partial charge in [-0.2, -0.15) is 0 Å². The minimum atomic E-state index is -1.04. The van der Waals surface area contributed by atoms with Gasteiger partial charge in [0.05, 0.1) is 12.0 Å². The van der Waals surface area contributed by atoms with E-state index in [1.54, 1.807) is 0 Å². The van der Waals surface area contributed by atoms with E-state index in [0.29, 0.717) is 6.41 Å². The lowest BCUT2D eigenvalue weighted by Gasteiger charge is -2.25. The van der Waals surface area contributed by atoms with Crippen LogP contribution < -0.4 is 0 Å². The molecule has 0 spiro atoms. The van der Waals surface area contributed by atoms with Crippen molar-refractivity contribution in [3.8, 4) is 0 Å². The molecule has 1 rings (SSSR count). The van der Waals surface area contributed by atoms with E-state index in [4.69, 9.17) is 9.94 Å². The quantitative estimate of drug-likeness (QED) is 0.591. The Labute approximate surface area is 106 Å². The molecule has 0 saturated carbocycles. The van der Waals surface area contributed by atoms with E-state index in [0.717, 1.165) is 10.6 Å². The number of carbonyl (C=O) groups is 2. The molecule has 0 unspecified atom stereocenters. The summed E-state index contributed by atoms with van der Waals surface area (Å²) >= 11 is 0. The van der Waals surface area contributed by atoms with Gasteiger partial charge in [-0.25, -0.2) is 5.06 Å². The fourth-order valence-electron chi connectivity index (χ4n) is 1.30. The topological polar surface area (TPSA) is 66.8 Å². The molecule has 98 valence electrons. The number of carboxylic acid groups (broad SMARTS) is 1. The molecule has 0 aliphatic heterocycles. The van der Waals surface area contributed by atoms with Crippen molar-refractivity contribution >= 4 is 12.4 Å². The Balaban J connectivity index is 2.53. The molecule has 1 amide bonds. The van der Waals surface area contributed by atoms with Gasteiger partial charge in [-0.15, -0.1) is 0 Å². The van der Waals surface area contributed by atoms with Gasteiger partial charge in [0.15, 0.2) is 0 Å². The predicted octanol–water partition coefficient (Wildman–Crippen LogP) is 1.69. The molecule has 5 nitrogen and oxygen atoms in total. The van der Waals surface area contributed by atoms with Crippen molar-refractivity contribution in [3.63, 3.8) is 0 Å². The average Bonchev–Trinajstić information content (AvgIpc) is 2.35. The van der Waals surface area contributed by atoms with E-state index >= 15 is 0 Å². The van der Waals surface area contributed by atoms with Crippen molar-refractivity contribution in [2.24, 2.45) is 5.41 Å². The molecule has 0 heterocycles. The summed E-state index contributed by atoms with van der Waals surface area (Å²) in [4.78, 5) is 27.0. The van der Waals surface area contributed by atoms with E-state index in [2.05, 4.69) is 0 Å². The lowest BCUT2D eigenvalue weighted by atomic mass is 9.94. The van der Waals surface area contributed by atoms with Gasteiger partial charge in [-0.1, -0.05) is 30.3 Å². The Morgan fingerprint density at radius 3 is 2.50 bits per heavy atom. The first-order valence-electron chi connectivity index (χ1n) is 5.58. The first-order chi connectivity index (χ1) is 8.45. The minimum absolute atomic E-state index is 0.00132. The summed E-state index contributed by atoms with van der Waals surface area (Å²) in [5.74, 6) is -0.974. The maximum absolute atomic E-state index is 10.9. The summed E-state index contributed by atoms with van der Waals surface area (Å²) < 4.78 is 0. The Kier molecular flexibility index (Phi) is 4.85. The van der Waals surface area contributed by atoms with E-state index in [-0.39, 0.29) is 13.2 Å². The number of hydroxylamine groups is 2. The zero-order chi connectivity index (χ0) is 13.6. The number of benzene rings is 1. The lowest BCUT2D eigenvalue weighted by molar-refractivity contribution is -0.189. The summed E-state index contributed by atoms with van der Waals surface area (Å²) in [6.45, 7) is 3.31. The van der Waals surface area contributed by atoms with Crippen LogP contribution in [0.25, 0.3) is 0 Å². The second-order valence-corrected chi connectivity index (χ2v) is 4.63. The van der Waals surface area contributed by atoms with Crippen molar-refractivity contribution in [1.29, 1.82) is 0 Å². The maximum Gasteiger partial charge on any atom is 0.310 e. The van der Waals surface area contributed by atoms with Gasteiger partial charge in [0.2, 0.25) is 6.41 Å². The molecule has 0 aromatic heterocycles. The highest BCUT2D eigenvalue weighted by atomic mass is 16.7. The number of hydrogen-bond acceptors (Lipinski definition) is 3. The summed E-state index contributed by atoms with van der Waals surface area (Å²) in [6, 6.07) is 9.35. The molecule has 0 radical (unpaired) electrons. The number of aliphatic carboxylic acids is 1. The molecule has 0 aliphatic carbocycles. The summed E-state index contributed by atoms with van der Waals surface area (Å²) in [7, 11) is 0. The van der Waals surface area contributed by atoms with Gasteiger partial charge in [0.1, 0.15) is 6.61 Å². The van der Waals surface area contributed by atoms with Crippen molar-refractivity contribution in [1.82, 2.24) is 5.06 Å². The van der Waals surface area contributed by atoms with Gasteiger partial charge in [-0.05, 0) is 19.4 Å². The Hall–Kier alpha value is -1.88. The summed E-state index contributed by atoms with van der Waals surface area (Å²) in [5.41, 5.74) is -0.130. The Morgan fingerprint density at radius 1 is 1.39 bits per heavy atom. The van der Waals surface area contributed by atoms with Crippen LogP contribution in [0.15, 0.2) is 30.3 Å². The highest BCUT2D eigenvalue weighted by Gasteiger charge is 2.30. The molecule has 5 heteroatoms. The van der Waals surface area contributed by atoms with E-state index in [1.165, 1.54) is 13.8 Å². The molecule has 1 N–H and O–H groups in total. The highest BCUT2D eigenvalue weighted by molar-refractivity contribution is 5.74. The van der Waals surface area contributed by atoms with Gasteiger partial charge < -0.3 is 5.11 Å². The third-order valence-corrected chi connectivity index (χ3v) is 2.49. The van der Waals surface area contributed by atoms with Gasteiger partial charge >= 0.3 is 5.97 Å². The largest absolute Gasteiger partial charge is 0.481 e.